The predicted molar refractivity (Wildman–Crippen MR) is 72.7 cm³/mol. The van der Waals surface area contributed by atoms with Crippen molar-refractivity contribution >= 4 is 11.3 Å². The Balaban J connectivity index is 1.66. The standard InChI is InChI=1S/C14H21NO2S/c16-10-14(4-5-17-11-14)9-15(13-1-2-13)7-12-3-6-18-8-12/h3,6,8,13,16H,1-2,4-5,7,9-11H2. The number of aliphatic hydroxyl groups is 1. The van der Waals surface area contributed by atoms with Gasteiger partial charge in [-0.15, -0.1) is 0 Å². The van der Waals surface area contributed by atoms with Gasteiger partial charge in [0, 0.05) is 31.2 Å². The van der Waals surface area contributed by atoms with E-state index in [0.29, 0.717) is 0 Å². The highest BCUT2D eigenvalue weighted by atomic mass is 32.1. The Hall–Kier alpha value is -0.420. The van der Waals surface area contributed by atoms with Gasteiger partial charge in [0.1, 0.15) is 0 Å². The van der Waals surface area contributed by atoms with Crippen LogP contribution in [0, 0.1) is 5.41 Å². The zero-order valence-corrected chi connectivity index (χ0v) is 11.5. The van der Waals surface area contributed by atoms with Gasteiger partial charge in [0.25, 0.3) is 0 Å². The second-order valence-electron chi connectivity index (χ2n) is 5.73. The van der Waals surface area contributed by atoms with Crippen molar-refractivity contribution in [2.45, 2.75) is 31.8 Å². The van der Waals surface area contributed by atoms with E-state index < -0.39 is 0 Å². The monoisotopic (exact) mass is 267 g/mol. The molecule has 1 saturated heterocycles. The van der Waals surface area contributed by atoms with Crippen LogP contribution in [0.4, 0.5) is 0 Å². The summed E-state index contributed by atoms with van der Waals surface area (Å²) < 4.78 is 5.50. The lowest BCUT2D eigenvalue weighted by molar-refractivity contribution is 0.0512. The van der Waals surface area contributed by atoms with Crippen LogP contribution in [0.15, 0.2) is 16.8 Å². The summed E-state index contributed by atoms with van der Waals surface area (Å²) in [5.41, 5.74) is 1.39. The van der Waals surface area contributed by atoms with E-state index in [-0.39, 0.29) is 12.0 Å². The van der Waals surface area contributed by atoms with E-state index in [2.05, 4.69) is 21.7 Å². The molecular weight excluding hydrogens is 246 g/mol. The number of hydrogen-bond donors (Lipinski definition) is 1. The molecule has 2 heterocycles. The first kappa shape index (κ1) is 12.6. The molecule has 4 heteroatoms. The first-order valence-electron chi connectivity index (χ1n) is 6.75. The number of hydrogen-bond acceptors (Lipinski definition) is 4. The molecule has 3 rings (SSSR count). The van der Waals surface area contributed by atoms with Crippen LogP contribution in [0.25, 0.3) is 0 Å². The Morgan fingerprint density at radius 3 is 2.94 bits per heavy atom. The van der Waals surface area contributed by atoms with Gasteiger partial charge in [-0.25, -0.2) is 0 Å². The highest BCUT2D eigenvalue weighted by Gasteiger charge is 2.40. The summed E-state index contributed by atoms with van der Waals surface area (Å²) in [7, 11) is 0. The van der Waals surface area contributed by atoms with Gasteiger partial charge in [-0.1, -0.05) is 0 Å². The molecule has 2 aliphatic rings. The third-order valence-corrected chi connectivity index (χ3v) is 4.82. The van der Waals surface area contributed by atoms with E-state index in [4.69, 9.17) is 4.74 Å². The highest BCUT2D eigenvalue weighted by Crippen LogP contribution is 2.35. The molecule has 0 radical (unpaired) electrons. The maximum absolute atomic E-state index is 9.69. The molecule has 1 N–H and O–H groups in total. The molecule has 1 atom stereocenters. The van der Waals surface area contributed by atoms with Crippen LogP contribution in [0.5, 0.6) is 0 Å². The van der Waals surface area contributed by atoms with Crippen LogP contribution in [0.2, 0.25) is 0 Å². The van der Waals surface area contributed by atoms with E-state index in [1.807, 2.05) is 0 Å². The summed E-state index contributed by atoms with van der Waals surface area (Å²) in [6.07, 6.45) is 3.62. The fourth-order valence-corrected chi connectivity index (χ4v) is 3.41. The Bertz CT molecular complexity index is 369. The summed E-state index contributed by atoms with van der Waals surface area (Å²) in [5.74, 6) is 0. The lowest BCUT2D eigenvalue weighted by Gasteiger charge is -2.33. The molecule has 1 aromatic rings. The molecule has 1 aliphatic carbocycles. The minimum Gasteiger partial charge on any atom is -0.396 e. The number of nitrogens with zero attached hydrogens (tertiary/aromatic N) is 1. The zero-order valence-electron chi connectivity index (χ0n) is 10.7. The van der Waals surface area contributed by atoms with Crippen molar-refractivity contribution in [2.24, 2.45) is 5.41 Å². The Labute approximate surface area is 112 Å². The lowest BCUT2D eigenvalue weighted by atomic mass is 9.87. The second-order valence-corrected chi connectivity index (χ2v) is 6.51. The molecule has 100 valence electrons. The fourth-order valence-electron chi connectivity index (χ4n) is 2.75. The van der Waals surface area contributed by atoms with Crippen molar-refractivity contribution in [3.63, 3.8) is 0 Å². The lowest BCUT2D eigenvalue weighted by Crippen LogP contribution is -2.41. The number of rotatable bonds is 6. The van der Waals surface area contributed by atoms with Crippen molar-refractivity contribution in [1.29, 1.82) is 0 Å². The van der Waals surface area contributed by atoms with Crippen molar-refractivity contribution in [3.8, 4) is 0 Å². The molecule has 1 saturated carbocycles. The molecule has 1 aliphatic heterocycles. The number of aliphatic hydroxyl groups excluding tert-OH is 1. The van der Waals surface area contributed by atoms with Gasteiger partial charge < -0.3 is 9.84 Å². The molecule has 0 bridgehead atoms. The van der Waals surface area contributed by atoms with Gasteiger partial charge in [0.05, 0.1) is 13.2 Å². The van der Waals surface area contributed by atoms with Crippen molar-refractivity contribution in [2.75, 3.05) is 26.4 Å². The molecular formula is C14H21NO2S. The molecule has 3 nitrogen and oxygen atoms in total. The van der Waals surface area contributed by atoms with E-state index in [1.54, 1.807) is 11.3 Å². The first-order valence-corrected chi connectivity index (χ1v) is 7.69. The predicted octanol–water partition coefficient (Wildman–Crippen LogP) is 2.11. The maximum Gasteiger partial charge on any atom is 0.0557 e. The van der Waals surface area contributed by atoms with Crippen LogP contribution < -0.4 is 0 Å². The third kappa shape index (κ3) is 2.77. The Kier molecular flexibility index (Phi) is 3.71. The number of ether oxygens (including phenoxy) is 1. The van der Waals surface area contributed by atoms with Crippen LogP contribution in [-0.2, 0) is 11.3 Å². The summed E-state index contributed by atoms with van der Waals surface area (Å²) in [6, 6.07) is 2.94. The van der Waals surface area contributed by atoms with Gasteiger partial charge in [0.15, 0.2) is 0 Å². The summed E-state index contributed by atoms with van der Waals surface area (Å²) in [5, 5.41) is 14.1. The second kappa shape index (κ2) is 5.29. The Morgan fingerprint density at radius 1 is 1.50 bits per heavy atom. The van der Waals surface area contributed by atoms with Crippen LogP contribution in [-0.4, -0.2) is 42.4 Å². The van der Waals surface area contributed by atoms with Crippen molar-refractivity contribution in [1.82, 2.24) is 4.90 Å². The summed E-state index contributed by atoms with van der Waals surface area (Å²) in [4.78, 5) is 2.55. The summed E-state index contributed by atoms with van der Waals surface area (Å²) in [6.45, 7) is 3.77. The SMILES string of the molecule is OCC1(CN(Cc2ccsc2)C2CC2)CCOC1. The Morgan fingerprint density at radius 2 is 2.39 bits per heavy atom. The van der Waals surface area contributed by atoms with Gasteiger partial charge in [-0.2, -0.15) is 11.3 Å². The van der Waals surface area contributed by atoms with Gasteiger partial charge in [-0.3, -0.25) is 4.90 Å². The van der Waals surface area contributed by atoms with Gasteiger partial charge in [-0.05, 0) is 41.7 Å². The van der Waals surface area contributed by atoms with E-state index >= 15 is 0 Å². The van der Waals surface area contributed by atoms with Crippen LogP contribution >= 0.6 is 11.3 Å². The van der Waals surface area contributed by atoms with Crippen molar-refractivity contribution in [3.05, 3.63) is 22.4 Å². The third-order valence-electron chi connectivity index (χ3n) is 4.09. The minimum absolute atomic E-state index is 0.0153. The van der Waals surface area contributed by atoms with E-state index in [1.165, 1.54) is 18.4 Å². The smallest absolute Gasteiger partial charge is 0.0557 e. The quantitative estimate of drug-likeness (QED) is 0.857. The maximum atomic E-state index is 9.69. The average Bonchev–Trinajstić information content (AvgIpc) is 2.92. The van der Waals surface area contributed by atoms with Crippen LogP contribution in [0.3, 0.4) is 0 Å². The molecule has 0 amide bonds. The average molecular weight is 267 g/mol. The van der Waals surface area contributed by atoms with Crippen molar-refractivity contribution < 1.29 is 9.84 Å². The fraction of sp³-hybridized carbons (Fsp3) is 0.714. The molecule has 2 fully saturated rings. The number of thiophene rings is 1. The molecule has 1 aromatic heterocycles. The topological polar surface area (TPSA) is 32.7 Å². The van der Waals surface area contributed by atoms with Gasteiger partial charge in [0.2, 0.25) is 0 Å². The van der Waals surface area contributed by atoms with E-state index in [9.17, 15) is 5.11 Å². The largest absolute Gasteiger partial charge is 0.396 e. The molecule has 0 aromatic carbocycles. The van der Waals surface area contributed by atoms with Gasteiger partial charge >= 0.3 is 0 Å². The highest BCUT2D eigenvalue weighted by molar-refractivity contribution is 7.07. The minimum atomic E-state index is -0.0153. The molecule has 18 heavy (non-hydrogen) atoms. The van der Waals surface area contributed by atoms with Crippen LogP contribution in [0.1, 0.15) is 24.8 Å². The molecule has 0 spiro atoms. The first-order chi connectivity index (χ1) is 8.81. The normalized spacial score (nSPS) is 28.1. The summed E-state index contributed by atoms with van der Waals surface area (Å²) >= 11 is 1.76. The zero-order chi connectivity index (χ0) is 12.4. The van der Waals surface area contributed by atoms with E-state index in [0.717, 1.165) is 38.8 Å². The molecule has 1 unspecified atom stereocenters.